The van der Waals surface area contributed by atoms with E-state index in [1.54, 1.807) is 0 Å². The minimum Gasteiger partial charge on any atom is -0.352 e. The Labute approximate surface area is 70.6 Å². The van der Waals surface area contributed by atoms with Gasteiger partial charge in [-0.1, -0.05) is 0 Å². The van der Waals surface area contributed by atoms with Crippen molar-refractivity contribution in [1.82, 2.24) is 10.4 Å². The number of nitrogens with one attached hydrogen (secondary N) is 1. The van der Waals surface area contributed by atoms with Crippen molar-refractivity contribution in [2.24, 2.45) is 5.73 Å². The molecule has 0 radical (unpaired) electrons. The lowest BCUT2D eigenvalue weighted by atomic mass is 10.3. The SMILES string of the molecule is CON(C)C(=O)C(C)NC(N)=O. The van der Waals surface area contributed by atoms with Gasteiger partial charge in [0.05, 0.1) is 7.11 Å². The first-order valence-electron chi connectivity index (χ1n) is 3.36. The molecule has 0 heterocycles. The van der Waals surface area contributed by atoms with Gasteiger partial charge in [-0.3, -0.25) is 9.63 Å². The summed E-state index contributed by atoms with van der Waals surface area (Å²) in [5.74, 6) is -0.365. The van der Waals surface area contributed by atoms with Crippen LogP contribution in [0.3, 0.4) is 0 Å². The molecule has 1 atom stereocenters. The van der Waals surface area contributed by atoms with Crippen LogP contribution >= 0.6 is 0 Å². The Morgan fingerprint density at radius 3 is 2.42 bits per heavy atom. The highest BCUT2D eigenvalue weighted by Crippen LogP contribution is 1.90. The molecule has 0 rings (SSSR count). The van der Waals surface area contributed by atoms with Crippen LogP contribution in [0.2, 0.25) is 0 Å². The number of hydrogen-bond donors (Lipinski definition) is 2. The molecule has 3 N–H and O–H groups in total. The number of carbonyl (C=O) groups excluding carboxylic acids is 2. The molecule has 0 saturated carbocycles. The van der Waals surface area contributed by atoms with Crippen LogP contribution in [0.1, 0.15) is 6.92 Å². The maximum atomic E-state index is 11.1. The summed E-state index contributed by atoms with van der Waals surface area (Å²) >= 11 is 0. The maximum absolute atomic E-state index is 11.1. The molecule has 0 aromatic carbocycles. The zero-order chi connectivity index (χ0) is 9.72. The first-order valence-corrected chi connectivity index (χ1v) is 3.36. The zero-order valence-corrected chi connectivity index (χ0v) is 7.33. The quantitative estimate of drug-likeness (QED) is 0.543. The molecule has 1 unspecified atom stereocenters. The number of amides is 3. The molecule has 12 heavy (non-hydrogen) atoms. The van der Waals surface area contributed by atoms with Crippen LogP contribution in [0, 0.1) is 0 Å². The average molecular weight is 175 g/mol. The summed E-state index contributed by atoms with van der Waals surface area (Å²) in [5, 5.41) is 3.24. The number of nitrogens with two attached hydrogens (primary N) is 1. The minimum atomic E-state index is -0.736. The molecular weight excluding hydrogens is 162 g/mol. The van der Waals surface area contributed by atoms with Gasteiger partial charge in [0.1, 0.15) is 6.04 Å². The van der Waals surface area contributed by atoms with E-state index >= 15 is 0 Å². The molecule has 0 aliphatic rings. The van der Waals surface area contributed by atoms with Gasteiger partial charge in [0, 0.05) is 7.05 Å². The summed E-state index contributed by atoms with van der Waals surface area (Å²) in [6.45, 7) is 1.52. The zero-order valence-electron chi connectivity index (χ0n) is 7.33. The van der Waals surface area contributed by atoms with E-state index in [-0.39, 0.29) is 5.91 Å². The monoisotopic (exact) mass is 175 g/mol. The fourth-order valence-corrected chi connectivity index (χ4v) is 0.638. The van der Waals surface area contributed by atoms with E-state index in [4.69, 9.17) is 5.73 Å². The second-order valence-corrected chi connectivity index (χ2v) is 2.25. The Morgan fingerprint density at radius 2 is 2.08 bits per heavy atom. The summed E-state index contributed by atoms with van der Waals surface area (Å²) in [6, 6.07) is -1.41. The molecule has 70 valence electrons. The smallest absolute Gasteiger partial charge is 0.312 e. The van der Waals surface area contributed by atoms with Gasteiger partial charge in [0.15, 0.2) is 0 Å². The molecular formula is C6H13N3O3. The van der Waals surface area contributed by atoms with Gasteiger partial charge < -0.3 is 11.1 Å². The van der Waals surface area contributed by atoms with Crippen LogP contribution in [0.15, 0.2) is 0 Å². The molecule has 0 aliphatic heterocycles. The van der Waals surface area contributed by atoms with Crippen molar-refractivity contribution >= 4 is 11.9 Å². The lowest BCUT2D eigenvalue weighted by molar-refractivity contribution is -0.170. The van der Waals surface area contributed by atoms with E-state index in [1.165, 1.54) is 21.1 Å². The standard InChI is InChI=1S/C6H13N3O3/c1-4(8-6(7)11)5(10)9(2)12-3/h4H,1-3H3,(H3,7,8,11). The second kappa shape index (κ2) is 4.55. The summed E-state index contributed by atoms with van der Waals surface area (Å²) < 4.78 is 0. The van der Waals surface area contributed by atoms with Gasteiger partial charge in [-0.25, -0.2) is 9.86 Å². The number of carbonyl (C=O) groups is 2. The number of hydrogen-bond acceptors (Lipinski definition) is 3. The number of primary amides is 1. The van der Waals surface area contributed by atoms with Gasteiger partial charge in [0.2, 0.25) is 0 Å². The van der Waals surface area contributed by atoms with E-state index in [0.29, 0.717) is 0 Å². The lowest BCUT2D eigenvalue weighted by Crippen LogP contribution is -2.46. The Bertz CT molecular complexity index is 183. The predicted molar refractivity (Wildman–Crippen MR) is 42.0 cm³/mol. The third-order valence-electron chi connectivity index (χ3n) is 1.31. The number of likely N-dealkylation sites (N-methyl/N-ethyl adjacent to an activating group) is 1. The van der Waals surface area contributed by atoms with Crippen LogP contribution in [0.4, 0.5) is 4.79 Å². The van der Waals surface area contributed by atoms with E-state index in [9.17, 15) is 9.59 Å². The molecule has 0 aliphatic carbocycles. The van der Waals surface area contributed by atoms with Gasteiger partial charge in [-0.2, -0.15) is 0 Å². The second-order valence-electron chi connectivity index (χ2n) is 2.25. The van der Waals surface area contributed by atoms with E-state index < -0.39 is 12.1 Å². The van der Waals surface area contributed by atoms with E-state index in [2.05, 4.69) is 10.2 Å². The van der Waals surface area contributed by atoms with E-state index in [0.717, 1.165) is 5.06 Å². The average Bonchev–Trinajstić information content (AvgIpc) is 2.00. The van der Waals surface area contributed by atoms with Crippen LogP contribution < -0.4 is 11.1 Å². The molecule has 0 fully saturated rings. The molecule has 0 saturated heterocycles. The largest absolute Gasteiger partial charge is 0.352 e. The van der Waals surface area contributed by atoms with Gasteiger partial charge in [-0.05, 0) is 6.92 Å². The summed E-state index contributed by atoms with van der Waals surface area (Å²) in [6.07, 6.45) is 0. The predicted octanol–water partition coefficient (Wildman–Crippen LogP) is -0.937. The van der Waals surface area contributed by atoms with Crippen LogP contribution in [-0.2, 0) is 9.63 Å². The Morgan fingerprint density at radius 1 is 1.58 bits per heavy atom. The van der Waals surface area contributed by atoms with Crippen molar-refractivity contribution in [3.8, 4) is 0 Å². The van der Waals surface area contributed by atoms with Crippen LogP contribution in [0.25, 0.3) is 0 Å². The fourth-order valence-electron chi connectivity index (χ4n) is 0.638. The Balaban J connectivity index is 4.01. The normalized spacial score (nSPS) is 11.9. The third-order valence-corrected chi connectivity index (χ3v) is 1.31. The van der Waals surface area contributed by atoms with Crippen molar-refractivity contribution in [3.05, 3.63) is 0 Å². The highest BCUT2D eigenvalue weighted by molar-refractivity contribution is 5.85. The number of nitrogens with zero attached hydrogens (tertiary/aromatic N) is 1. The molecule has 0 spiro atoms. The summed E-state index contributed by atoms with van der Waals surface area (Å²) in [7, 11) is 2.80. The molecule has 0 aromatic heterocycles. The van der Waals surface area contributed by atoms with Gasteiger partial charge in [-0.15, -0.1) is 0 Å². The van der Waals surface area contributed by atoms with Crippen molar-refractivity contribution in [2.45, 2.75) is 13.0 Å². The molecule has 0 bridgehead atoms. The van der Waals surface area contributed by atoms with Crippen LogP contribution in [0.5, 0.6) is 0 Å². The van der Waals surface area contributed by atoms with Crippen molar-refractivity contribution in [1.29, 1.82) is 0 Å². The highest BCUT2D eigenvalue weighted by atomic mass is 16.7. The van der Waals surface area contributed by atoms with Crippen LogP contribution in [-0.4, -0.2) is 37.2 Å². The number of urea groups is 1. The van der Waals surface area contributed by atoms with Crippen molar-refractivity contribution < 1.29 is 14.4 Å². The van der Waals surface area contributed by atoms with E-state index in [1.807, 2.05) is 0 Å². The Kier molecular flexibility index (Phi) is 4.06. The van der Waals surface area contributed by atoms with Gasteiger partial charge in [0.25, 0.3) is 5.91 Å². The minimum absolute atomic E-state index is 0.365. The maximum Gasteiger partial charge on any atom is 0.312 e. The summed E-state index contributed by atoms with van der Waals surface area (Å²) in [5.41, 5.74) is 4.81. The highest BCUT2D eigenvalue weighted by Gasteiger charge is 2.17. The van der Waals surface area contributed by atoms with Crippen molar-refractivity contribution in [3.63, 3.8) is 0 Å². The molecule has 6 heteroatoms. The van der Waals surface area contributed by atoms with Gasteiger partial charge >= 0.3 is 6.03 Å². The first kappa shape index (κ1) is 10.7. The molecule has 0 aromatic rings. The third kappa shape index (κ3) is 3.20. The molecule has 6 nitrogen and oxygen atoms in total. The fraction of sp³-hybridized carbons (Fsp3) is 0.667. The lowest BCUT2D eigenvalue weighted by Gasteiger charge is -2.18. The molecule has 3 amide bonds. The number of hydroxylamine groups is 2. The first-order chi connectivity index (χ1) is 5.49. The van der Waals surface area contributed by atoms with Crippen molar-refractivity contribution in [2.75, 3.05) is 14.2 Å². The number of rotatable bonds is 3. The Hall–Kier alpha value is -1.30. The summed E-state index contributed by atoms with van der Waals surface area (Å²) in [4.78, 5) is 26.1. The topological polar surface area (TPSA) is 84.7 Å².